The highest BCUT2D eigenvalue weighted by Gasteiger charge is 2.34. The lowest BCUT2D eigenvalue weighted by atomic mass is 10.3. The zero-order valence-corrected chi connectivity index (χ0v) is 10.9. The fourth-order valence-electron chi connectivity index (χ4n) is 2.06. The Kier molecular flexibility index (Phi) is 2.86. The summed E-state index contributed by atoms with van der Waals surface area (Å²) in [7, 11) is 0. The van der Waals surface area contributed by atoms with Crippen molar-refractivity contribution in [3.8, 4) is 0 Å². The molecule has 0 aromatic carbocycles. The summed E-state index contributed by atoms with van der Waals surface area (Å²) in [5.41, 5.74) is 5.85. The molecule has 0 aliphatic heterocycles. The number of hydrogen-bond donors (Lipinski definition) is 1. The van der Waals surface area contributed by atoms with Crippen molar-refractivity contribution in [3.63, 3.8) is 0 Å². The lowest BCUT2D eigenvalue weighted by Crippen LogP contribution is -2.29. The van der Waals surface area contributed by atoms with Crippen LogP contribution in [0, 0.1) is 5.92 Å². The van der Waals surface area contributed by atoms with E-state index in [1.54, 1.807) is 11.8 Å². The predicted molar refractivity (Wildman–Crippen MR) is 71.3 cm³/mol. The Bertz CT molecular complexity index is 415. The van der Waals surface area contributed by atoms with E-state index in [2.05, 4.69) is 14.9 Å². The number of aromatic nitrogens is 2. The van der Waals surface area contributed by atoms with Gasteiger partial charge in [-0.15, -0.1) is 0 Å². The molecule has 0 bridgehead atoms. The lowest BCUT2D eigenvalue weighted by molar-refractivity contribution is 0.702. The number of nitrogens with two attached hydrogens (primary N) is 1. The summed E-state index contributed by atoms with van der Waals surface area (Å²) >= 11 is 1.55. The molecule has 0 saturated heterocycles. The Balaban J connectivity index is 1.85. The molecule has 5 heteroatoms. The highest BCUT2D eigenvalue weighted by molar-refractivity contribution is 7.98. The van der Waals surface area contributed by atoms with Crippen molar-refractivity contribution < 1.29 is 0 Å². The van der Waals surface area contributed by atoms with Crippen LogP contribution in [0.2, 0.25) is 0 Å². The summed E-state index contributed by atoms with van der Waals surface area (Å²) in [4.78, 5) is 11.2. The van der Waals surface area contributed by atoms with Crippen molar-refractivity contribution in [1.29, 1.82) is 0 Å². The fourth-order valence-corrected chi connectivity index (χ4v) is 2.44. The second kappa shape index (κ2) is 4.37. The fraction of sp³-hybridized carbons (Fsp3) is 0.667. The lowest BCUT2D eigenvalue weighted by Gasteiger charge is -2.23. The van der Waals surface area contributed by atoms with E-state index in [0.717, 1.165) is 23.4 Å². The van der Waals surface area contributed by atoms with Crippen LogP contribution < -0.4 is 10.6 Å². The molecule has 2 fully saturated rings. The zero-order chi connectivity index (χ0) is 11.8. The van der Waals surface area contributed by atoms with Gasteiger partial charge in [0.1, 0.15) is 11.6 Å². The van der Waals surface area contributed by atoms with Gasteiger partial charge in [-0.3, -0.25) is 0 Å². The monoisotopic (exact) mass is 250 g/mol. The second-order valence-electron chi connectivity index (χ2n) is 4.96. The van der Waals surface area contributed by atoms with Gasteiger partial charge in [-0.05, 0) is 37.9 Å². The van der Waals surface area contributed by atoms with E-state index in [9.17, 15) is 0 Å². The quantitative estimate of drug-likeness (QED) is 0.641. The molecule has 0 atom stereocenters. The molecule has 92 valence electrons. The minimum atomic E-state index is 0.584. The van der Waals surface area contributed by atoms with E-state index in [0.29, 0.717) is 11.9 Å². The van der Waals surface area contributed by atoms with Gasteiger partial charge in [-0.2, -0.15) is 0 Å². The van der Waals surface area contributed by atoms with Crippen LogP contribution in [0.4, 0.5) is 11.6 Å². The number of nitrogens with zero attached hydrogens (tertiary/aromatic N) is 3. The Morgan fingerprint density at radius 1 is 1.35 bits per heavy atom. The Labute approximate surface area is 106 Å². The van der Waals surface area contributed by atoms with Crippen LogP contribution >= 0.6 is 11.8 Å². The molecule has 0 radical (unpaired) electrons. The third-order valence-corrected chi connectivity index (χ3v) is 3.88. The first-order valence-electron chi connectivity index (χ1n) is 6.21. The van der Waals surface area contributed by atoms with Gasteiger partial charge in [-0.25, -0.2) is 9.97 Å². The molecule has 1 aromatic rings. The van der Waals surface area contributed by atoms with Crippen molar-refractivity contribution in [2.75, 3.05) is 23.4 Å². The van der Waals surface area contributed by atoms with Crippen LogP contribution in [-0.4, -0.2) is 28.8 Å². The highest BCUT2D eigenvalue weighted by Crippen LogP contribution is 2.37. The summed E-state index contributed by atoms with van der Waals surface area (Å²) < 4.78 is 0. The van der Waals surface area contributed by atoms with Gasteiger partial charge in [0.2, 0.25) is 0 Å². The van der Waals surface area contributed by atoms with Gasteiger partial charge < -0.3 is 10.6 Å². The number of hydrogen-bond acceptors (Lipinski definition) is 5. The van der Waals surface area contributed by atoms with Crippen LogP contribution in [0.5, 0.6) is 0 Å². The van der Waals surface area contributed by atoms with Gasteiger partial charge >= 0.3 is 0 Å². The standard InChI is InChI=1S/C12H18N4S/c1-17-12-14-10(13)6-11(15-12)16(9-4-5-9)7-8-2-3-8/h6,8-9H,2-5,7H2,1H3,(H2,13,14,15). The van der Waals surface area contributed by atoms with E-state index in [4.69, 9.17) is 5.73 Å². The van der Waals surface area contributed by atoms with E-state index in [-0.39, 0.29) is 0 Å². The van der Waals surface area contributed by atoms with Gasteiger partial charge in [0.05, 0.1) is 0 Å². The molecule has 17 heavy (non-hydrogen) atoms. The largest absolute Gasteiger partial charge is 0.383 e. The first-order chi connectivity index (χ1) is 8.26. The van der Waals surface area contributed by atoms with Gasteiger partial charge in [-0.1, -0.05) is 11.8 Å². The highest BCUT2D eigenvalue weighted by atomic mass is 32.2. The van der Waals surface area contributed by atoms with Crippen LogP contribution in [0.15, 0.2) is 11.2 Å². The van der Waals surface area contributed by atoms with Crippen LogP contribution in [0.1, 0.15) is 25.7 Å². The molecule has 2 aliphatic carbocycles. The first kappa shape index (κ1) is 11.1. The van der Waals surface area contributed by atoms with Crippen LogP contribution in [0.3, 0.4) is 0 Å². The number of rotatable bonds is 5. The van der Waals surface area contributed by atoms with Crippen molar-refractivity contribution in [2.45, 2.75) is 36.9 Å². The molecule has 0 unspecified atom stereocenters. The van der Waals surface area contributed by atoms with Gasteiger partial charge in [0.15, 0.2) is 5.16 Å². The third kappa shape index (κ3) is 2.65. The summed E-state index contributed by atoms with van der Waals surface area (Å²) in [5, 5.41) is 0.779. The maximum Gasteiger partial charge on any atom is 0.191 e. The van der Waals surface area contributed by atoms with Crippen molar-refractivity contribution in [3.05, 3.63) is 6.07 Å². The molecule has 2 saturated carbocycles. The van der Waals surface area contributed by atoms with E-state index in [1.165, 1.54) is 25.7 Å². The molecule has 0 spiro atoms. The minimum Gasteiger partial charge on any atom is -0.383 e. The zero-order valence-electron chi connectivity index (χ0n) is 10.1. The molecule has 3 rings (SSSR count). The number of thioether (sulfide) groups is 1. The predicted octanol–water partition coefficient (Wildman–Crippen LogP) is 2.16. The van der Waals surface area contributed by atoms with E-state index in [1.807, 2.05) is 12.3 Å². The summed E-state index contributed by atoms with van der Waals surface area (Å²) in [6.45, 7) is 1.15. The molecular formula is C12H18N4S. The third-order valence-electron chi connectivity index (χ3n) is 3.33. The molecule has 2 N–H and O–H groups in total. The Hall–Kier alpha value is -0.970. The van der Waals surface area contributed by atoms with Crippen molar-refractivity contribution in [1.82, 2.24) is 9.97 Å². The molecular weight excluding hydrogens is 232 g/mol. The summed E-state index contributed by atoms with van der Waals surface area (Å²) in [5.74, 6) is 2.49. The Morgan fingerprint density at radius 2 is 2.12 bits per heavy atom. The van der Waals surface area contributed by atoms with Gasteiger partial charge in [0, 0.05) is 18.7 Å². The van der Waals surface area contributed by atoms with Crippen molar-refractivity contribution in [2.24, 2.45) is 5.92 Å². The van der Waals surface area contributed by atoms with E-state index >= 15 is 0 Å². The average molecular weight is 250 g/mol. The smallest absolute Gasteiger partial charge is 0.191 e. The maximum absolute atomic E-state index is 5.85. The molecule has 0 amide bonds. The molecule has 1 heterocycles. The normalized spacial score (nSPS) is 19.4. The van der Waals surface area contributed by atoms with Crippen LogP contribution in [-0.2, 0) is 0 Å². The molecule has 1 aromatic heterocycles. The number of anilines is 2. The van der Waals surface area contributed by atoms with Gasteiger partial charge in [0.25, 0.3) is 0 Å². The maximum atomic E-state index is 5.85. The van der Waals surface area contributed by atoms with Crippen molar-refractivity contribution >= 4 is 23.4 Å². The first-order valence-corrected chi connectivity index (χ1v) is 7.44. The number of nitrogen functional groups attached to an aromatic ring is 1. The molecule has 4 nitrogen and oxygen atoms in total. The second-order valence-corrected chi connectivity index (χ2v) is 5.74. The Morgan fingerprint density at radius 3 is 2.71 bits per heavy atom. The minimum absolute atomic E-state index is 0.584. The topological polar surface area (TPSA) is 55.0 Å². The SMILES string of the molecule is CSc1nc(N)cc(N(CC2CC2)C2CC2)n1. The summed E-state index contributed by atoms with van der Waals surface area (Å²) in [6.07, 6.45) is 7.33. The van der Waals surface area contributed by atoms with Crippen LogP contribution in [0.25, 0.3) is 0 Å². The molecule has 2 aliphatic rings. The summed E-state index contributed by atoms with van der Waals surface area (Å²) in [6, 6.07) is 2.61. The average Bonchev–Trinajstić information content (AvgIpc) is 3.16. The van der Waals surface area contributed by atoms with E-state index < -0.39 is 0 Å².